The fourth-order valence-corrected chi connectivity index (χ4v) is 3.14. The lowest BCUT2D eigenvalue weighted by molar-refractivity contribution is -0.000191. The molecule has 0 amide bonds. The molecule has 2 aliphatic heterocycles. The van der Waals surface area contributed by atoms with E-state index in [1.807, 2.05) is 0 Å². The summed E-state index contributed by atoms with van der Waals surface area (Å²) >= 11 is 0. The predicted molar refractivity (Wildman–Crippen MR) is 75.2 cm³/mol. The van der Waals surface area contributed by atoms with Crippen molar-refractivity contribution in [1.29, 1.82) is 0 Å². The van der Waals surface area contributed by atoms with E-state index in [0.717, 1.165) is 13.2 Å². The summed E-state index contributed by atoms with van der Waals surface area (Å²) < 4.78 is 5.47. The number of hydrogen-bond donors (Lipinski definition) is 0. The monoisotopic (exact) mass is 245 g/mol. The predicted octanol–water partition coefficient (Wildman–Crippen LogP) is 3.43. The van der Waals surface area contributed by atoms with Gasteiger partial charge in [0.2, 0.25) is 0 Å². The number of anilines is 1. The van der Waals surface area contributed by atoms with Crippen LogP contribution in [0.2, 0.25) is 0 Å². The standard InChI is InChI=1S/C16H23NO/c1-13(2)14-3-5-15(6-4-14)17-11-16(12-17)7-9-18-10-8-16/h3-6,13H,7-12H2,1-2H3. The molecule has 1 aromatic carbocycles. The van der Waals surface area contributed by atoms with Gasteiger partial charge in [0.1, 0.15) is 0 Å². The Kier molecular flexibility index (Phi) is 3.06. The fourth-order valence-electron chi connectivity index (χ4n) is 3.14. The Morgan fingerprint density at radius 3 is 2.22 bits per heavy atom. The molecule has 1 aromatic rings. The van der Waals surface area contributed by atoms with Crippen molar-refractivity contribution in [3.8, 4) is 0 Å². The van der Waals surface area contributed by atoms with Crippen LogP contribution in [0.15, 0.2) is 24.3 Å². The van der Waals surface area contributed by atoms with Crippen LogP contribution in [-0.2, 0) is 4.74 Å². The summed E-state index contributed by atoms with van der Waals surface area (Å²) in [6.45, 7) is 8.85. The van der Waals surface area contributed by atoms with E-state index in [1.165, 1.54) is 37.2 Å². The first-order valence-electron chi connectivity index (χ1n) is 7.11. The third-order valence-electron chi connectivity index (χ3n) is 4.53. The molecule has 2 aliphatic rings. The van der Waals surface area contributed by atoms with Gasteiger partial charge in [0.05, 0.1) is 0 Å². The first-order valence-corrected chi connectivity index (χ1v) is 7.11. The molecule has 2 saturated heterocycles. The molecule has 0 aromatic heterocycles. The van der Waals surface area contributed by atoms with Gasteiger partial charge >= 0.3 is 0 Å². The van der Waals surface area contributed by atoms with E-state index < -0.39 is 0 Å². The summed E-state index contributed by atoms with van der Waals surface area (Å²) in [5.74, 6) is 0.622. The van der Waals surface area contributed by atoms with Crippen LogP contribution in [0.5, 0.6) is 0 Å². The lowest BCUT2D eigenvalue weighted by Crippen LogP contribution is -2.58. The van der Waals surface area contributed by atoms with Crippen LogP contribution in [0.25, 0.3) is 0 Å². The molecule has 18 heavy (non-hydrogen) atoms. The quantitative estimate of drug-likeness (QED) is 0.791. The SMILES string of the molecule is CC(C)c1ccc(N2CC3(CCOCC3)C2)cc1. The van der Waals surface area contributed by atoms with Gasteiger partial charge in [-0.1, -0.05) is 26.0 Å². The van der Waals surface area contributed by atoms with Gasteiger partial charge in [-0.15, -0.1) is 0 Å². The summed E-state index contributed by atoms with van der Waals surface area (Å²) in [6, 6.07) is 9.10. The van der Waals surface area contributed by atoms with Crippen molar-refractivity contribution < 1.29 is 4.74 Å². The number of hydrogen-bond acceptors (Lipinski definition) is 2. The van der Waals surface area contributed by atoms with Crippen LogP contribution in [0.4, 0.5) is 5.69 Å². The number of benzene rings is 1. The maximum atomic E-state index is 5.47. The molecule has 98 valence electrons. The zero-order valence-electron chi connectivity index (χ0n) is 11.5. The Morgan fingerprint density at radius 1 is 1.06 bits per heavy atom. The topological polar surface area (TPSA) is 12.5 Å². The van der Waals surface area contributed by atoms with Gasteiger partial charge in [-0.3, -0.25) is 0 Å². The van der Waals surface area contributed by atoms with Crippen LogP contribution >= 0.6 is 0 Å². The average molecular weight is 245 g/mol. The molecule has 0 saturated carbocycles. The van der Waals surface area contributed by atoms with Crippen LogP contribution < -0.4 is 4.90 Å². The van der Waals surface area contributed by atoms with Gasteiger partial charge in [0, 0.05) is 37.4 Å². The summed E-state index contributed by atoms with van der Waals surface area (Å²) in [4.78, 5) is 2.51. The molecular weight excluding hydrogens is 222 g/mol. The normalized spacial score (nSPS) is 22.3. The lowest BCUT2D eigenvalue weighted by atomic mass is 9.73. The number of rotatable bonds is 2. The van der Waals surface area contributed by atoms with Crippen molar-refractivity contribution in [2.45, 2.75) is 32.6 Å². The van der Waals surface area contributed by atoms with E-state index in [0.29, 0.717) is 11.3 Å². The number of nitrogens with zero attached hydrogens (tertiary/aromatic N) is 1. The molecule has 0 unspecified atom stereocenters. The summed E-state index contributed by atoms with van der Waals surface area (Å²) in [5.41, 5.74) is 3.38. The minimum Gasteiger partial charge on any atom is -0.381 e. The molecule has 0 aliphatic carbocycles. The first-order chi connectivity index (χ1) is 8.69. The Labute approximate surface area is 110 Å². The second-order valence-corrected chi connectivity index (χ2v) is 6.21. The third-order valence-corrected chi connectivity index (χ3v) is 4.53. The van der Waals surface area contributed by atoms with E-state index >= 15 is 0 Å². The van der Waals surface area contributed by atoms with E-state index in [-0.39, 0.29) is 0 Å². The van der Waals surface area contributed by atoms with Gasteiger partial charge in [-0.25, -0.2) is 0 Å². The molecule has 2 nitrogen and oxygen atoms in total. The molecule has 1 spiro atoms. The van der Waals surface area contributed by atoms with Crippen LogP contribution in [-0.4, -0.2) is 26.3 Å². The van der Waals surface area contributed by atoms with E-state index in [1.54, 1.807) is 0 Å². The second-order valence-electron chi connectivity index (χ2n) is 6.21. The highest BCUT2D eigenvalue weighted by Crippen LogP contribution is 2.42. The largest absolute Gasteiger partial charge is 0.381 e. The fraction of sp³-hybridized carbons (Fsp3) is 0.625. The Hall–Kier alpha value is -1.02. The van der Waals surface area contributed by atoms with E-state index in [9.17, 15) is 0 Å². The third kappa shape index (κ3) is 2.14. The zero-order valence-corrected chi connectivity index (χ0v) is 11.5. The Balaban J connectivity index is 1.64. The smallest absolute Gasteiger partial charge is 0.0472 e. The van der Waals surface area contributed by atoms with Crippen molar-refractivity contribution in [2.24, 2.45) is 5.41 Å². The van der Waals surface area contributed by atoms with Crippen molar-refractivity contribution in [3.05, 3.63) is 29.8 Å². The average Bonchev–Trinajstić information content (AvgIpc) is 2.37. The maximum absolute atomic E-state index is 5.47. The van der Waals surface area contributed by atoms with E-state index in [4.69, 9.17) is 4.74 Å². The molecule has 0 atom stereocenters. The Bertz CT molecular complexity index is 396. The summed E-state index contributed by atoms with van der Waals surface area (Å²) in [6.07, 6.45) is 2.49. The molecule has 0 radical (unpaired) electrons. The minimum absolute atomic E-state index is 0.564. The van der Waals surface area contributed by atoms with E-state index in [2.05, 4.69) is 43.0 Å². The van der Waals surface area contributed by atoms with Crippen molar-refractivity contribution >= 4 is 5.69 Å². The van der Waals surface area contributed by atoms with Gasteiger partial charge in [0.25, 0.3) is 0 Å². The highest BCUT2D eigenvalue weighted by atomic mass is 16.5. The van der Waals surface area contributed by atoms with Gasteiger partial charge in [-0.05, 0) is 36.5 Å². The first kappa shape index (κ1) is 12.0. The van der Waals surface area contributed by atoms with Gasteiger partial charge in [0.15, 0.2) is 0 Å². The molecule has 2 fully saturated rings. The van der Waals surface area contributed by atoms with Crippen molar-refractivity contribution in [1.82, 2.24) is 0 Å². The zero-order chi connectivity index (χ0) is 12.6. The molecule has 0 N–H and O–H groups in total. The molecular formula is C16H23NO. The lowest BCUT2D eigenvalue weighted by Gasteiger charge is -2.53. The molecule has 0 bridgehead atoms. The molecule has 2 heterocycles. The summed E-state index contributed by atoms with van der Waals surface area (Å²) in [7, 11) is 0. The second kappa shape index (κ2) is 4.58. The minimum atomic E-state index is 0.564. The highest BCUT2D eigenvalue weighted by Gasteiger charge is 2.43. The maximum Gasteiger partial charge on any atom is 0.0472 e. The van der Waals surface area contributed by atoms with Crippen molar-refractivity contribution in [2.75, 3.05) is 31.2 Å². The molecule has 3 rings (SSSR count). The van der Waals surface area contributed by atoms with Crippen LogP contribution in [0.3, 0.4) is 0 Å². The highest BCUT2D eigenvalue weighted by molar-refractivity contribution is 5.51. The Morgan fingerprint density at radius 2 is 1.67 bits per heavy atom. The molecule has 2 heteroatoms. The summed E-state index contributed by atoms with van der Waals surface area (Å²) in [5, 5.41) is 0. The van der Waals surface area contributed by atoms with Crippen LogP contribution in [0, 0.1) is 5.41 Å². The van der Waals surface area contributed by atoms with Crippen LogP contribution in [0.1, 0.15) is 38.2 Å². The van der Waals surface area contributed by atoms with Gasteiger partial charge < -0.3 is 9.64 Å². The van der Waals surface area contributed by atoms with Crippen molar-refractivity contribution in [3.63, 3.8) is 0 Å². The van der Waals surface area contributed by atoms with Gasteiger partial charge in [-0.2, -0.15) is 0 Å². The number of ether oxygens (including phenoxy) is 1.